The third kappa shape index (κ3) is 4.92. The number of thiazole rings is 1. The van der Waals surface area contributed by atoms with Crippen molar-refractivity contribution in [2.45, 2.75) is 59.1 Å². The van der Waals surface area contributed by atoms with E-state index in [9.17, 15) is 14.7 Å². The summed E-state index contributed by atoms with van der Waals surface area (Å²) in [5.74, 6) is -1.07. The van der Waals surface area contributed by atoms with Crippen molar-refractivity contribution in [3.8, 4) is 5.75 Å². The molecule has 1 aliphatic heterocycles. The summed E-state index contributed by atoms with van der Waals surface area (Å²) in [7, 11) is 0. The Hall–Kier alpha value is -4.04. The SMILES string of the molecule is Cc1cc(/C(O)=C2\C(=O)C(=O)N(c3nc4ccc(C(C)(C)C)cc4s3)C2c2cccnc2)ccc1OC(C)C. The first-order valence-electron chi connectivity index (χ1n) is 12.9. The Bertz CT molecular complexity index is 1620. The Kier molecular flexibility index (Phi) is 6.76. The van der Waals surface area contributed by atoms with E-state index in [1.54, 1.807) is 42.7 Å². The van der Waals surface area contributed by atoms with Gasteiger partial charge in [0.1, 0.15) is 11.5 Å². The lowest BCUT2D eigenvalue weighted by Gasteiger charge is -2.22. The summed E-state index contributed by atoms with van der Waals surface area (Å²) in [6.45, 7) is 12.2. The van der Waals surface area contributed by atoms with Gasteiger partial charge in [0.15, 0.2) is 5.13 Å². The molecule has 1 unspecified atom stereocenters. The number of pyridine rings is 1. The normalized spacial score (nSPS) is 17.4. The van der Waals surface area contributed by atoms with Crippen LogP contribution < -0.4 is 9.64 Å². The molecule has 200 valence electrons. The van der Waals surface area contributed by atoms with E-state index in [0.29, 0.717) is 22.0 Å². The van der Waals surface area contributed by atoms with Gasteiger partial charge < -0.3 is 9.84 Å². The number of aliphatic hydroxyl groups excluding tert-OH is 1. The third-order valence-corrected chi connectivity index (χ3v) is 7.72. The predicted molar refractivity (Wildman–Crippen MR) is 154 cm³/mol. The number of ether oxygens (including phenoxy) is 1. The molecule has 2 aromatic carbocycles. The van der Waals surface area contributed by atoms with E-state index < -0.39 is 17.7 Å². The molecule has 3 heterocycles. The minimum atomic E-state index is -0.881. The van der Waals surface area contributed by atoms with Crippen LogP contribution >= 0.6 is 11.3 Å². The number of aliphatic hydroxyl groups is 1. The molecule has 4 aromatic rings. The number of anilines is 1. The number of hydrogen-bond acceptors (Lipinski definition) is 7. The Balaban J connectivity index is 1.66. The fraction of sp³-hybridized carbons (Fsp3) is 0.290. The van der Waals surface area contributed by atoms with E-state index >= 15 is 0 Å². The molecule has 2 aromatic heterocycles. The molecule has 1 aliphatic rings. The van der Waals surface area contributed by atoms with Crippen molar-refractivity contribution in [1.82, 2.24) is 9.97 Å². The van der Waals surface area contributed by atoms with E-state index in [1.807, 2.05) is 32.9 Å². The lowest BCUT2D eigenvalue weighted by Crippen LogP contribution is -2.29. The summed E-state index contributed by atoms with van der Waals surface area (Å²) in [6.07, 6.45) is 3.22. The molecule has 0 saturated carbocycles. The second-order valence-electron chi connectivity index (χ2n) is 11.0. The average Bonchev–Trinajstić information content (AvgIpc) is 3.42. The summed E-state index contributed by atoms with van der Waals surface area (Å²) >= 11 is 1.35. The number of carbonyl (C=O) groups excluding carboxylic acids is 2. The summed E-state index contributed by atoms with van der Waals surface area (Å²) in [6, 6.07) is 13.9. The number of aryl methyl sites for hydroxylation is 1. The first-order chi connectivity index (χ1) is 18.5. The van der Waals surface area contributed by atoms with E-state index in [0.717, 1.165) is 21.3 Å². The first kappa shape index (κ1) is 26.6. The topological polar surface area (TPSA) is 92.6 Å². The maximum Gasteiger partial charge on any atom is 0.301 e. The predicted octanol–water partition coefficient (Wildman–Crippen LogP) is 6.71. The van der Waals surface area contributed by atoms with E-state index in [2.05, 4.69) is 31.8 Å². The molecule has 1 amide bonds. The van der Waals surface area contributed by atoms with Crippen LogP contribution in [0.4, 0.5) is 5.13 Å². The molecule has 0 spiro atoms. The second-order valence-corrected chi connectivity index (χ2v) is 12.0. The molecule has 0 aliphatic carbocycles. The first-order valence-corrected chi connectivity index (χ1v) is 13.7. The molecule has 1 saturated heterocycles. The van der Waals surface area contributed by atoms with Crippen molar-refractivity contribution in [2.75, 3.05) is 4.90 Å². The van der Waals surface area contributed by atoms with Gasteiger partial charge in [-0.1, -0.05) is 44.2 Å². The van der Waals surface area contributed by atoms with Crippen molar-refractivity contribution in [2.24, 2.45) is 0 Å². The highest BCUT2D eigenvalue weighted by Gasteiger charge is 2.48. The standard InChI is InChI=1S/C31H31N3O4S/c1-17(2)38-23-12-9-19(14-18(23)3)27(35)25-26(20-8-7-13-32-16-20)34(29(37)28(25)36)30-33-22-11-10-21(31(4,5)6)15-24(22)39-30/h7-17,26,35H,1-6H3/b27-25+. The largest absolute Gasteiger partial charge is 0.507 e. The average molecular weight is 542 g/mol. The summed E-state index contributed by atoms with van der Waals surface area (Å²) in [4.78, 5) is 37.4. The molecular formula is C31H31N3O4S. The molecule has 39 heavy (non-hydrogen) atoms. The molecule has 1 N–H and O–H groups in total. The number of hydrogen-bond donors (Lipinski definition) is 1. The van der Waals surface area contributed by atoms with Crippen molar-refractivity contribution < 1.29 is 19.4 Å². The van der Waals surface area contributed by atoms with Crippen LogP contribution in [0.15, 0.2) is 66.5 Å². The zero-order valence-electron chi connectivity index (χ0n) is 22.9. The minimum absolute atomic E-state index is 0.000403. The van der Waals surface area contributed by atoms with Gasteiger partial charge in [-0.15, -0.1) is 0 Å². The van der Waals surface area contributed by atoms with Gasteiger partial charge in [-0.3, -0.25) is 19.5 Å². The van der Waals surface area contributed by atoms with E-state index in [1.165, 1.54) is 16.2 Å². The summed E-state index contributed by atoms with van der Waals surface area (Å²) in [5.41, 5.74) is 3.67. The zero-order chi connectivity index (χ0) is 28.1. The summed E-state index contributed by atoms with van der Waals surface area (Å²) in [5, 5.41) is 11.9. The van der Waals surface area contributed by atoms with Crippen LogP contribution in [0.3, 0.4) is 0 Å². The number of ketones is 1. The highest BCUT2D eigenvalue weighted by atomic mass is 32.1. The molecule has 1 fully saturated rings. The monoisotopic (exact) mass is 541 g/mol. The van der Waals surface area contributed by atoms with Crippen molar-refractivity contribution in [3.05, 3.63) is 88.8 Å². The Morgan fingerprint density at radius 3 is 2.51 bits per heavy atom. The minimum Gasteiger partial charge on any atom is -0.507 e. The quantitative estimate of drug-likeness (QED) is 0.171. The van der Waals surface area contributed by atoms with Gasteiger partial charge in [0.2, 0.25) is 0 Å². The highest BCUT2D eigenvalue weighted by Crippen LogP contribution is 2.44. The number of nitrogens with zero attached hydrogens (tertiary/aromatic N) is 3. The number of Topliss-reactive ketones (excluding diaryl/α,β-unsaturated/α-hetero) is 1. The van der Waals surface area contributed by atoms with Crippen LogP contribution in [0.2, 0.25) is 0 Å². The van der Waals surface area contributed by atoms with E-state index in [-0.39, 0.29) is 22.9 Å². The van der Waals surface area contributed by atoms with Gasteiger partial charge >= 0.3 is 5.91 Å². The number of rotatable bonds is 5. The molecule has 0 bridgehead atoms. The van der Waals surface area contributed by atoms with E-state index in [4.69, 9.17) is 9.72 Å². The number of aromatic nitrogens is 2. The molecule has 0 radical (unpaired) electrons. The molecule has 1 atom stereocenters. The molecule has 5 rings (SSSR count). The Labute approximate surface area is 231 Å². The van der Waals surface area contributed by atoms with Gasteiger partial charge in [-0.05, 0) is 79.3 Å². The lowest BCUT2D eigenvalue weighted by molar-refractivity contribution is -0.132. The highest BCUT2D eigenvalue weighted by molar-refractivity contribution is 7.22. The summed E-state index contributed by atoms with van der Waals surface area (Å²) < 4.78 is 6.74. The van der Waals surface area contributed by atoms with Crippen LogP contribution in [-0.4, -0.2) is 32.9 Å². The Morgan fingerprint density at radius 2 is 1.87 bits per heavy atom. The third-order valence-electron chi connectivity index (χ3n) is 6.70. The number of fused-ring (bicyclic) bond motifs is 1. The van der Waals surface area contributed by atoms with Crippen molar-refractivity contribution >= 4 is 44.1 Å². The lowest BCUT2D eigenvalue weighted by atomic mass is 9.87. The van der Waals surface area contributed by atoms with Gasteiger partial charge in [0.25, 0.3) is 5.78 Å². The van der Waals surface area contributed by atoms with Gasteiger partial charge in [-0.2, -0.15) is 0 Å². The second kappa shape index (κ2) is 9.93. The number of carbonyl (C=O) groups is 2. The van der Waals surface area contributed by atoms with Gasteiger partial charge in [0.05, 0.1) is 27.9 Å². The van der Waals surface area contributed by atoms with Crippen LogP contribution in [0.1, 0.15) is 62.9 Å². The maximum atomic E-state index is 13.5. The number of benzene rings is 2. The van der Waals surface area contributed by atoms with Crippen LogP contribution in [0.5, 0.6) is 5.75 Å². The zero-order valence-corrected chi connectivity index (χ0v) is 23.7. The van der Waals surface area contributed by atoms with Crippen LogP contribution in [0, 0.1) is 6.92 Å². The fourth-order valence-electron chi connectivity index (χ4n) is 4.70. The van der Waals surface area contributed by atoms with Crippen LogP contribution in [-0.2, 0) is 15.0 Å². The Morgan fingerprint density at radius 1 is 1.10 bits per heavy atom. The molecular weight excluding hydrogens is 510 g/mol. The van der Waals surface area contributed by atoms with Crippen LogP contribution in [0.25, 0.3) is 16.0 Å². The van der Waals surface area contributed by atoms with Gasteiger partial charge in [0, 0.05) is 18.0 Å². The number of amides is 1. The smallest absolute Gasteiger partial charge is 0.301 e. The molecule has 8 heteroatoms. The van der Waals surface area contributed by atoms with Crippen molar-refractivity contribution in [1.29, 1.82) is 0 Å². The molecule has 7 nitrogen and oxygen atoms in total. The maximum absolute atomic E-state index is 13.5. The van der Waals surface area contributed by atoms with Gasteiger partial charge in [-0.25, -0.2) is 4.98 Å². The van der Waals surface area contributed by atoms with Crippen molar-refractivity contribution in [3.63, 3.8) is 0 Å². The fourth-order valence-corrected chi connectivity index (χ4v) is 5.73.